The molecule has 2 aromatic heterocycles. The highest BCUT2D eigenvalue weighted by Crippen LogP contribution is 2.28. The number of aromatic nitrogens is 3. The Morgan fingerprint density at radius 3 is 2.52 bits per heavy atom. The fourth-order valence-corrected chi connectivity index (χ4v) is 4.26. The summed E-state index contributed by atoms with van der Waals surface area (Å²) in [4.78, 5) is 43.5. The molecule has 33 heavy (non-hydrogen) atoms. The molecule has 0 unspecified atom stereocenters. The molecule has 3 heterocycles. The van der Waals surface area contributed by atoms with Crippen LogP contribution < -0.4 is 11.0 Å². The number of aryl methyl sites for hydroxylation is 2. The highest BCUT2D eigenvalue weighted by molar-refractivity contribution is 5.93. The number of pyridine rings is 1. The van der Waals surface area contributed by atoms with Gasteiger partial charge in [0.15, 0.2) is 5.65 Å². The number of hydrogen-bond donors (Lipinski definition) is 1. The molecule has 3 aromatic rings. The van der Waals surface area contributed by atoms with E-state index in [4.69, 9.17) is 0 Å². The van der Waals surface area contributed by atoms with Crippen molar-refractivity contribution in [3.63, 3.8) is 0 Å². The standard InChI is InChI=1S/C25H31N5O3/c1-25(2,3)18-7-6-16-12-13-30(15-17(16)14-18)22(32)11-10-21(31)26-20-9-8-19-23(27-20)29(5)24(33)28(19)4/h6-9,14H,10-13,15H2,1-5H3,(H,26,27,31). The van der Waals surface area contributed by atoms with Gasteiger partial charge in [-0.1, -0.05) is 39.0 Å². The van der Waals surface area contributed by atoms with Crippen molar-refractivity contribution in [3.8, 4) is 0 Å². The zero-order valence-electron chi connectivity index (χ0n) is 19.9. The molecule has 1 N–H and O–H groups in total. The first kappa shape index (κ1) is 22.8. The first-order valence-corrected chi connectivity index (χ1v) is 11.3. The van der Waals surface area contributed by atoms with E-state index in [-0.39, 0.29) is 35.8 Å². The largest absolute Gasteiger partial charge is 0.338 e. The van der Waals surface area contributed by atoms with Crippen molar-refractivity contribution in [1.82, 2.24) is 19.0 Å². The van der Waals surface area contributed by atoms with Crippen LogP contribution in [0.15, 0.2) is 35.1 Å². The molecule has 0 bridgehead atoms. The third-order valence-electron chi connectivity index (χ3n) is 6.38. The molecule has 8 nitrogen and oxygen atoms in total. The van der Waals surface area contributed by atoms with E-state index in [1.165, 1.54) is 25.8 Å². The maximum absolute atomic E-state index is 12.8. The highest BCUT2D eigenvalue weighted by Gasteiger charge is 2.23. The van der Waals surface area contributed by atoms with Crippen LogP contribution >= 0.6 is 0 Å². The molecule has 4 rings (SSSR count). The van der Waals surface area contributed by atoms with Crippen molar-refractivity contribution in [2.75, 3.05) is 11.9 Å². The lowest BCUT2D eigenvalue weighted by atomic mass is 9.84. The number of carbonyl (C=O) groups is 2. The summed E-state index contributed by atoms with van der Waals surface area (Å²) in [5, 5.41) is 2.74. The quantitative estimate of drug-likeness (QED) is 0.663. The van der Waals surface area contributed by atoms with Crippen LogP contribution in [-0.2, 0) is 42.1 Å². The van der Waals surface area contributed by atoms with E-state index >= 15 is 0 Å². The average molecular weight is 450 g/mol. The molecule has 0 radical (unpaired) electrons. The molecule has 8 heteroatoms. The number of amides is 2. The predicted molar refractivity (Wildman–Crippen MR) is 128 cm³/mol. The van der Waals surface area contributed by atoms with Gasteiger partial charge >= 0.3 is 5.69 Å². The van der Waals surface area contributed by atoms with Crippen molar-refractivity contribution < 1.29 is 9.59 Å². The maximum Gasteiger partial charge on any atom is 0.329 e. The summed E-state index contributed by atoms with van der Waals surface area (Å²) in [6.45, 7) is 7.80. The Bertz CT molecular complexity index is 1300. The van der Waals surface area contributed by atoms with Crippen molar-refractivity contribution in [1.29, 1.82) is 0 Å². The van der Waals surface area contributed by atoms with Gasteiger partial charge in [0.25, 0.3) is 0 Å². The van der Waals surface area contributed by atoms with Gasteiger partial charge in [-0.2, -0.15) is 0 Å². The van der Waals surface area contributed by atoms with E-state index in [0.29, 0.717) is 30.1 Å². The number of nitrogens with one attached hydrogen (secondary N) is 1. The average Bonchev–Trinajstić information content (AvgIpc) is 2.99. The lowest BCUT2D eigenvalue weighted by molar-refractivity contribution is -0.133. The summed E-state index contributed by atoms with van der Waals surface area (Å²) < 4.78 is 2.95. The normalized spacial score (nSPS) is 13.8. The van der Waals surface area contributed by atoms with Gasteiger partial charge in [-0.25, -0.2) is 9.78 Å². The number of rotatable bonds is 4. The second kappa shape index (κ2) is 8.50. The molecule has 1 aromatic carbocycles. The fourth-order valence-electron chi connectivity index (χ4n) is 4.26. The number of nitrogens with zero attached hydrogens (tertiary/aromatic N) is 4. The van der Waals surface area contributed by atoms with E-state index in [1.54, 1.807) is 26.2 Å². The zero-order chi connectivity index (χ0) is 23.9. The predicted octanol–water partition coefficient (Wildman–Crippen LogP) is 2.87. The molecular formula is C25H31N5O3. The minimum Gasteiger partial charge on any atom is -0.338 e. The Balaban J connectivity index is 1.36. The SMILES string of the molecule is Cn1c(=O)n(C)c2nc(NC(=O)CCC(=O)N3CCc4ccc(C(C)(C)C)cc4C3)ccc21. The number of benzene rings is 1. The van der Waals surface area contributed by atoms with Gasteiger partial charge in [-0.15, -0.1) is 0 Å². The molecule has 0 atom stereocenters. The Hall–Kier alpha value is -3.42. The number of anilines is 1. The monoisotopic (exact) mass is 449 g/mol. The molecule has 0 saturated heterocycles. The highest BCUT2D eigenvalue weighted by atomic mass is 16.2. The summed E-state index contributed by atoms with van der Waals surface area (Å²) in [6, 6.07) is 9.98. The summed E-state index contributed by atoms with van der Waals surface area (Å²) >= 11 is 0. The summed E-state index contributed by atoms with van der Waals surface area (Å²) in [5.74, 6) is 0.0668. The fraction of sp³-hybridized carbons (Fsp3) is 0.440. The molecule has 0 fully saturated rings. The van der Waals surface area contributed by atoms with E-state index in [0.717, 1.165) is 6.42 Å². The second-order valence-corrected chi connectivity index (χ2v) is 9.79. The van der Waals surface area contributed by atoms with Crippen LogP contribution in [0.2, 0.25) is 0 Å². The van der Waals surface area contributed by atoms with E-state index in [9.17, 15) is 14.4 Å². The van der Waals surface area contributed by atoms with Crippen LogP contribution in [0.5, 0.6) is 0 Å². The second-order valence-electron chi connectivity index (χ2n) is 9.79. The van der Waals surface area contributed by atoms with Gasteiger partial charge in [0.2, 0.25) is 11.8 Å². The Morgan fingerprint density at radius 2 is 1.79 bits per heavy atom. The number of fused-ring (bicyclic) bond motifs is 2. The Labute approximate surface area is 193 Å². The summed E-state index contributed by atoms with van der Waals surface area (Å²) in [7, 11) is 3.32. The Kier molecular flexibility index (Phi) is 5.86. The third kappa shape index (κ3) is 4.55. The van der Waals surface area contributed by atoms with Crippen molar-refractivity contribution in [3.05, 3.63) is 57.5 Å². The molecule has 1 aliphatic rings. The first-order chi connectivity index (χ1) is 15.5. The van der Waals surface area contributed by atoms with E-state index < -0.39 is 0 Å². The minimum absolute atomic E-state index is 0.0224. The van der Waals surface area contributed by atoms with Gasteiger partial charge in [0.05, 0.1) is 5.52 Å². The third-order valence-corrected chi connectivity index (χ3v) is 6.38. The van der Waals surface area contributed by atoms with Gasteiger partial charge in [-0.3, -0.25) is 18.7 Å². The molecule has 2 amide bonds. The molecule has 0 aliphatic carbocycles. The molecule has 1 aliphatic heterocycles. The summed E-state index contributed by atoms with van der Waals surface area (Å²) in [5.41, 5.74) is 4.81. The molecule has 0 saturated carbocycles. The van der Waals surface area contributed by atoms with Gasteiger partial charge < -0.3 is 10.2 Å². The first-order valence-electron chi connectivity index (χ1n) is 11.3. The van der Waals surface area contributed by atoms with Gasteiger partial charge in [0.1, 0.15) is 5.82 Å². The van der Waals surface area contributed by atoms with Crippen LogP contribution in [0.25, 0.3) is 11.2 Å². The van der Waals surface area contributed by atoms with Crippen LogP contribution in [0.3, 0.4) is 0 Å². The van der Waals surface area contributed by atoms with Crippen LogP contribution in [0.4, 0.5) is 5.82 Å². The lowest BCUT2D eigenvalue weighted by Crippen LogP contribution is -2.36. The zero-order valence-corrected chi connectivity index (χ0v) is 19.9. The van der Waals surface area contributed by atoms with Crippen LogP contribution in [0.1, 0.15) is 50.3 Å². The maximum atomic E-state index is 12.8. The van der Waals surface area contributed by atoms with Crippen LogP contribution in [0, 0.1) is 0 Å². The topological polar surface area (TPSA) is 89.2 Å². The summed E-state index contributed by atoms with van der Waals surface area (Å²) in [6.07, 6.45) is 1.06. The van der Waals surface area contributed by atoms with Crippen molar-refractivity contribution in [2.24, 2.45) is 14.1 Å². The van der Waals surface area contributed by atoms with Crippen molar-refractivity contribution >= 4 is 28.8 Å². The molecular weight excluding hydrogens is 418 g/mol. The molecule has 174 valence electrons. The number of carbonyl (C=O) groups excluding carboxylic acids is 2. The number of hydrogen-bond acceptors (Lipinski definition) is 4. The molecule has 0 spiro atoms. The number of imidazole rings is 1. The van der Waals surface area contributed by atoms with E-state index in [2.05, 4.69) is 49.3 Å². The van der Waals surface area contributed by atoms with Crippen molar-refractivity contribution in [2.45, 2.75) is 52.0 Å². The van der Waals surface area contributed by atoms with Gasteiger partial charge in [-0.05, 0) is 40.7 Å². The van der Waals surface area contributed by atoms with Gasteiger partial charge in [0, 0.05) is 40.0 Å². The smallest absolute Gasteiger partial charge is 0.329 e. The van der Waals surface area contributed by atoms with E-state index in [1.807, 2.05) is 4.90 Å². The minimum atomic E-state index is -0.274. The van der Waals surface area contributed by atoms with Crippen LogP contribution in [-0.4, -0.2) is 37.4 Å². The Morgan fingerprint density at radius 1 is 1.03 bits per heavy atom. The lowest BCUT2D eigenvalue weighted by Gasteiger charge is -2.30.